The van der Waals surface area contributed by atoms with Crippen molar-refractivity contribution in [2.24, 2.45) is 0 Å². The molecule has 1 N–H and O–H groups in total. The number of para-hydroxylation sites is 1. The van der Waals surface area contributed by atoms with Gasteiger partial charge in [-0.25, -0.2) is 8.42 Å². The number of rotatable bonds is 3. The van der Waals surface area contributed by atoms with Gasteiger partial charge in [0, 0.05) is 37.1 Å². The second kappa shape index (κ2) is 5.61. The van der Waals surface area contributed by atoms with Gasteiger partial charge in [-0.05, 0) is 24.5 Å². The Morgan fingerprint density at radius 1 is 1.24 bits per heavy atom. The Hall–Kier alpha value is -1.07. The molecule has 0 amide bonds. The zero-order valence-corrected chi connectivity index (χ0v) is 13.5. The average Bonchev–Trinajstić information content (AvgIpc) is 2.83. The first-order chi connectivity index (χ1) is 9.98. The van der Waals surface area contributed by atoms with Crippen molar-refractivity contribution in [3.05, 3.63) is 29.8 Å². The van der Waals surface area contributed by atoms with Crippen LogP contribution in [0.5, 0.6) is 0 Å². The molecule has 1 aliphatic carbocycles. The van der Waals surface area contributed by atoms with E-state index in [-0.39, 0.29) is 11.3 Å². The van der Waals surface area contributed by atoms with E-state index in [0.29, 0.717) is 6.54 Å². The largest absolute Gasteiger partial charge is 0.368 e. The van der Waals surface area contributed by atoms with Crippen LogP contribution in [0.2, 0.25) is 0 Å². The minimum atomic E-state index is -2.94. The molecule has 3 rings (SSSR count). The SMILES string of the molecule is CS(=O)(=O)CCN1CC2(CCCC2)NCc2ccccc21. The van der Waals surface area contributed by atoms with E-state index in [4.69, 9.17) is 0 Å². The van der Waals surface area contributed by atoms with Gasteiger partial charge in [0.2, 0.25) is 0 Å². The summed E-state index contributed by atoms with van der Waals surface area (Å²) in [5.74, 6) is 0.220. The lowest BCUT2D eigenvalue weighted by Gasteiger charge is -2.34. The third-order valence-corrected chi connectivity index (χ3v) is 5.70. The van der Waals surface area contributed by atoms with Crippen molar-refractivity contribution < 1.29 is 8.42 Å². The summed E-state index contributed by atoms with van der Waals surface area (Å²) < 4.78 is 23.1. The summed E-state index contributed by atoms with van der Waals surface area (Å²) in [6, 6.07) is 8.36. The van der Waals surface area contributed by atoms with Crippen molar-refractivity contribution in [3.8, 4) is 0 Å². The standard InChI is InChI=1S/C16H24N2O2S/c1-21(19,20)11-10-18-13-16(8-4-5-9-16)17-12-14-6-2-3-7-15(14)18/h2-3,6-7,17H,4-5,8-13H2,1H3. The third-order valence-electron chi connectivity index (χ3n) is 4.77. The average molecular weight is 308 g/mol. The molecule has 116 valence electrons. The van der Waals surface area contributed by atoms with E-state index in [1.807, 2.05) is 6.07 Å². The van der Waals surface area contributed by atoms with Crippen molar-refractivity contribution in [2.45, 2.75) is 37.8 Å². The van der Waals surface area contributed by atoms with Gasteiger partial charge >= 0.3 is 0 Å². The molecule has 1 spiro atoms. The third kappa shape index (κ3) is 3.40. The predicted octanol–water partition coefficient (Wildman–Crippen LogP) is 1.95. The number of hydrogen-bond acceptors (Lipinski definition) is 4. The van der Waals surface area contributed by atoms with Crippen molar-refractivity contribution >= 4 is 15.5 Å². The lowest BCUT2D eigenvalue weighted by molar-refractivity contribution is 0.339. The molecular weight excluding hydrogens is 284 g/mol. The number of nitrogens with zero attached hydrogens (tertiary/aromatic N) is 1. The summed E-state index contributed by atoms with van der Waals surface area (Å²) in [5.41, 5.74) is 2.63. The fourth-order valence-electron chi connectivity index (χ4n) is 3.62. The molecule has 0 unspecified atom stereocenters. The molecule has 1 saturated carbocycles. The van der Waals surface area contributed by atoms with Crippen molar-refractivity contribution in [2.75, 3.05) is 30.0 Å². The van der Waals surface area contributed by atoms with Crippen molar-refractivity contribution in [1.82, 2.24) is 5.32 Å². The fraction of sp³-hybridized carbons (Fsp3) is 0.625. The fourth-order valence-corrected chi connectivity index (χ4v) is 4.17. The lowest BCUT2D eigenvalue weighted by atomic mass is 9.97. The molecule has 1 aliphatic heterocycles. The topological polar surface area (TPSA) is 49.4 Å². The Bertz CT molecular complexity index is 606. The second-order valence-corrected chi connectivity index (χ2v) is 8.78. The second-order valence-electron chi connectivity index (χ2n) is 6.52. The van der Waals surface area contributed by atoms with Crippen LogP contribution in [-0.2, 0) is 16.4 Å². The maximum Gasteiger partial charge on any atom is 0.149 e. The molecule has 1 aromatic rings. The Morgan fingerprint density at radius 2 is 1.95 bits per heavy atom. The zero-order chi connectivity index (χ0) is 14.9. The van der Waals surface area contributed by atoms with Crippen LogP contribution in [0.4, 0.5) is 5.69 Å². The van der Waals surface area contributed by atoms with Crippen LogP contribution in [0.25, 0.3) is 0 Å². The van der Waals surface area contributed by atoms with E-state index < -0.39 is 9.84 Å². The highest BCUT2D eigenvalue weighted by Gasteiger charge is 2.37. The van der Waals surface area contributed by atoms with Crippen LogP contribution in [0.15, 0.2) is 24.3 Å². The Labute approximate surface area is 127 Å². The lowest BCUT2D eigenvalue weighted by Crippen LogP contribution is -2.50. The molecule has 1 heterocycles. The van der Waals surface area contributed by atoms with E-state index in [1.54, 1.807) is 0 Å². The maximum atomic E-state index is 11.5. The van der Waals surface area contributed by atoms with Gasteiger partial charge in [-0.15, -0.1) is 0 Å². The van der Waals surface area contributed by atoms with Gasteiger partial charge in [0.25, 0.3) is 0 Å². The van der Waals surface area contributed by atoms with Gasteiger partial charge in [-0.3, -0.25) is 0 Å². The smallest absolute Gasteiger partial charge is 0.149 e. The Kier molecular flexibility index (Phi) is 3.97. The minimum absolute atomic E-state index is 0.163. The summed E-state index contributed by atoms with van der Waals surface area (Å²) in [6.07, 6.45) is 6.24. The minimum Gasteiger partial charge on any atom is -0.368 e. The molecule has 0 radical (unpaired) electrons. The van der Waals surface area contributed by atoms with Crippen LogP contribution in [-0.4, -0.2) is 39.1 Å². The number of sulfone groups is 1. The first-order valence-corrected chi connectivity index (χ1v) is 9.79. The molecule has 0 bridgehead atoms. The van der Waals surface area contributed by atoms with Gasteiger partial charge in [0.15, 0.2) is 0 Å². The zero-order valence-electron chi connectivity index (χ0n) is 12.6. The van der Waals surface area contributed by atoms with Gasteiger partial charge < -0.3 is 10.2 Å². The quantitative estimate of drug-likeness (QED) is 0.927. The maximum absolute atomic E-state index is 11.5. The first kappa shape index (κ1) is 14.9. The van der Waals surface area contributed by atoms with Crippen molar-refractivity contribution in [3.63, 3.8) is 0 Å². The van der Waals surface area contributed by atoms with E-state index in [9.17, 15) is 8.42 Å². The van der Waals surface area contributed by atoms with Gasteiger partial charge in [-0.2, -0.15) is 0 Å². The van der Waals surface area contributed by atoms with Crippen LogP contribution >= 0.6 is 0 Å². The number of anilines is 1. The number of benzene rings is 1. The van der Waals surface area contributed by atoms with E-state index in [0.717, 1.165) is 13.1 Å². The molecule has 0 aromatic heterocycles. The number of fused-ring (bicyclic) bond motifs is 1. The highest BCUT2D eigenvalue weighted by Crippen LogP contribution is 2.35. The summed E-state index contributed by atoms with van der Waals surface area (Å²) in [7, 11) is -2.94. The van der Waals surface area contributed by atoms with E-state index in [1.165, 1.54) is 43.2 Å². The molecule has 0 saturated heterocycles. The van der Waals surface area contributed by atoms with Crippen LogP contribution in [0.1, 0.15) is 31.2 Å². The normalized spacial score (nSPS) is 21.3. The van der Waals surface area contributed by atoms with E-state index >= 15 is 0 Å². The summed E-state index contributed by atoms with van der Waals surface area (Å²) in [4.78, 5) is 2.28. The van der Waals surface area contributed by atoms with Gasteiger partial charge in [-0.1, -0.05) is 31.0 Å². The highest BCUT2D eigenvalue weighted by molar-refractivity contribution is 7.90. The molecule has 1 fully saturated rings. The molecule has 0 atom stereocenters. The molecule has 4 nitrogen and oxygen atoms in total. The van der Waals surface area contributed by atoms with E-state index in [2.05, 4.69) is 28.4 Å². The van der Waals surface area contributed by atoms with Crippen LogP contribution in [0.3, 0.4) is 0 Å². The highest BCUT2D eigenvalue weighted by atomic mass is 32.2. The van der Waals surface area contributed by atoms with Crippen LogP contribution in [0, 0.1) is 0 Å². The Balaban J connectivity index is 1.88. The molecule has 2 aliphatic rings. The molecule has 5 heteroatoms. The Morgan fingerprint density at radius 3 is 2.67 bits per heavy atom. The molecular formula is C16H24N2O2S. The summed E-state index contributed by atoms with van der Waals surface area (Å²) >= 11 is 0. The monoisotopic (exact) mass is 308 g/mol. The summed E-state index contributed by atoms with van der Waals surface area (Å²) in [6.45, 7) is 2.38. The number of hydrogen-bond donors (Lipinski definition) is 1. The van der Waals surface area contributed by atoms with Crippen LogP contribution < -0.4 is 10.2 Å². The summed E-state index contributed by atoms with van der Waals surface area (Å²) in [5, 5.41) is 3.75. The first-order valence-electron chi connectivity index (χ1n) is 7.73. The number of nitrogens with one attached hydrogen (secondary N) is 1. The predicted molar refractivity (Wildman–Crippen MR) is 86.4 cm³/mol. The van der Waals surface area contributed by atoms with Gasteiger partial charge in [0.05, 0.1) is 5.75 Å². The van der Waals surface area contributed by atoms with Crippen molar-refractivity contribution in [1.29, 1.82) is 0 Å². The molecule has 1 aromatic carbocycles. The van der Waals surface area contributed by atoms with Gasteiger partial charge in [0.1, 0.15) is 9.84 Å². The molecule has 21 heavy (non-hydrogen) atoms.